The molecular weight excluding hydrogens is 506 g/mol. The zero-order valence-corrected chi connectivity index (χ0v) is 17.3. The molecule has 1 radical (unpaired) electrons. The fourth-order valence-corrected chi connectivity index (χ4v) is 4.01. The Labute approximate surface area is 173 Å². The number of para-hydroxylation sites is 1. The first-order valence-corrected chi connectivity index (χ1v) is 8.92. The second-order valence-electron chi connectivity index (χ2n) is 6.94. The summed E-state index contributed by atoms with van der Waals surface area (Å²) in [6, 6.07) is 35.3. The summed E-state index contributed by atoms with van der Waals surface area (Å²) in [5.41, 5.74) is 5.40. The third kappa shape index (κ3) is 2.77. The van der Waals surface area contributed by atoms with Gasteiger partial charge in [-0.15, -0.1) is 29.1 Å². The van der Waals surface area contributed by atoms with Gasteiger partial charge in [0.25, 0.3) is 0 Å². The summed E-state index contributed by atoms with van der Waals surface area (Å²) in [6.45, 7) is 2.27. The van der Waals surface area contributed by atoms with E-state index in [4.69, 9.17) is 4.99 Å². The van der Waals surface area contributed by atoms with Gasteiger partial charge in [-0.1, -0.05) is 85.1 Å². The largest absolute Gasteiger partial charge is 0.300 e. The van der Waals surface area contributed by atoms with E-state index in [1.165, 1.54) is 21.9 Å². The molecule has 0 aromatic heterocycles. The minimum absolute atomic E-state index is 0. The van der Waals surface area contributed by atoms with E-state index >= 15 is 0 Å². The molecule has 1 aliphatic heterocycles. The molecule has 0 amide bonds. The van der Waals surface area contributed by atoms with Crippen LogP contribution in [0.15, 0.2) is 96.0 Å². The molecule has 1 atom stereocenters. The van der Waals surface area contributed by atoms with Crippen LogP contribution in [-0.2, 0) is 25.5 Å². The monoisotopic (exact) mass is 525 g/mol. The number of nitrogens with zero attached hydrogens (tertiary/aromatic N) is 1. The molecule has 0 aliphatic carbocycles. The Morgan fingerprint density at radius 1 is 0.778 bits per heavy atom. The van der Waals surface area contributed by atoms with Gasteiger partial charge in [0.1, 0.15) is 0 Å². The predicted molar refractivity (Wildman–Crippen MR) is 108 cm³/mol. The van der Waals surface area contributed by atoms with Crippen LogP contribution >= 0.6 is 0 Å². The first-order valence-electron chi connectivity index (χ1n) is 8.92. The van der Waals surface area contributed by atoms with Crippen LogP contribution in [0.25, 0.3) is 10.8 Å². The van der Waals surface area contributed by atoms with Crippen molar-refractivity contribution in [2.75, 3.05) is 0 Å². The van der Waals surface area contributed by atoms with Gasteiger partial charge in [0, 0.05) is 25.5 Å². The maximum Gasteiger partial charge on any atom is 0.0556 e. The van der Waals surface area contributed by atoms with Crippen molar-refractivity contribution < 1.29 is 20.1 Å². The Morgan fingerprint density at radius 3 is 2.26 bits per heavy atom. The quantitative estimate of drug-likeness (QED) is 0.282. The van der Waals surface area contributed by atoms with E-state index in [1.54, 1.807) is 0 Å². The maximum atomic E-state index is 5.04. The van der Waals surface area contributed by atoms with Crippen LogP contribution in [0, 0.1) is 6.07 Å². The van der Waals surface area contributed by atoms with Crippen LogP contribution < -0.4 is 0 Å². The van der Waals surface area contributed by atoms with Gasteiger partial charge < -0.3 is 0 Å². The third-order valence-electron chi connectivity index (χ3n) is 5.43. The molecule has 1 heterocycles. The minimum Gasteiger partial charge on any atom is -0.300 e. The van der Waals surface area contributed by atoms with Crippen molar-refractivity contribution in [2.45, 2.75) is 12.3 Å². The second-order valence-corrected chi connectivity index (χ2v) is 6.94. The minimum atomic E-state index is -0.281. The number of rotatable bonds is 2. The fraction of sp³-hybridized carbons (Fsp3) is 0.0800. The summed E-state index contributed by atoms with van der Waals surface area (Å²) in [5, 5.41) is 2.42. The van der Waals surface area contributed by atoms with Gasteiger partial charge in [-0.05, 0) is 22.9 Å². The van der Waals surface area contributed by atoms with Gasteiger partial charge >= 0.3 is 0 Å². The first kappa shape index (κ1) is 17.9. The zero-order valence-electron chi connectivity index (χ0n) is 14.9. The molecule has 1 unspecified atom stereocenters. The summed E-state index contributed by atoms with van der Waals surface area (Å²) in [7, 11) is 0. The molecule has 27 heavy (non-hydrogen) atoms. The van der Waals surface area contributed by atoms with Gasteiger partial charge in [0.15, 0.2) is 0 Å². The van der Waals surface area contributed by atoms with Crippen molar-refractivity contribution in [3.8, 4) is 0 Å². The fourth-order valence-electron chi connectivity index (χ4n) is 4.01. The van der Waals surface area contributed by atoms with Gasteiger partial charge in [0.05, 0.1) is 5.69 Å². The van der Waals surface area contributed by atoms with Crippen molar-refractivity contribution in [1.82, 2.24) is 0 Å². The normalized spacial score (nSPS) is 17.9. The zero-order chi connectivity index (χ0) is 17.6. The molecule has 4 aromatic carbocycles. The maximum absolute atomic E-state index is 5.04. The number of hydrogen-bond acceptors (Lipinski definition) is 1. The summed E-state index contributed by atoms with van der Waals surface area (Å²) in [5.74, 6) is 0. The van der Waals surface area contributed by atoms with Crippen molar-refractivity contribution in [1.29, 1.82) is 0 Å². The molecule has 0 saturated heterocycles. The van der Waals surface area contributed by atoms with Crippen LogP contribution in [0.2, 0.25) is 0 Å². The SMILES string of the molecule is CC1(c2ccccc2)C(c2[c-]cc3ccccc3c2)=Nc2ccccc21.[Ir]. The molecule has 1 nitrogen and oxygen atoms in total. The first-order chi connectivity index (χ1) is 12.8. The Bertz CT molecular complexity index is 1150. The molecule has 1 aliphatic rings. The van der Waals surface area contributed by atoms with Crippen LogP contribution in [-0.4, -0.2) is 5.71 Å². The van der Waals surface area contributed by atoms with Crippen LogP contribution in [0.3, 0.4) is 0 Å². The van der Waals surface area contributed by atoms with E-state index in [0.717, 1.165) is 17.0 Å². The Morgan fingerprint density at radius 2 is 1.44 bits per heavy atom. The summed E-state index contributed by atoms with van der Waals surface area (Å²) >= 11 is 0. The second kappa shape index (κ2) is 6.88. The molecule has 0 bridgehead atoms. The van der Waals surface area contributed by atoms with Gasteiger partial charge in [0.2, 0.25) is 0 Å². The number of fused-ring (bicyclic) bond motifs is 2. The molecule has 133 valence electrons. The smallest absolute Gasteiger partial charge is 0.0556 e. The molecule has 2 heteroatoms. The average Bonchev–Trinajstić information content (AvgIpc) is 3.02. The van der Waals surface area contributed by atoms with E-state index in [-0.39, 0.29) is 25.5 Å². The Hall–Kier alpha value is -2.54. The Kier molecular flexibility index (Phi) is 4.55. The predicted octanol–water partition coefficient (Wildman–Crippen LogP) is 6.08. The van der Waals surface area contributed by atoms with Crippen LogP contribution in [0.1, 0.15) is 23.6 Å². The summed E-state index contributed by atoms with van der Waals surface area (Å²) in [4.78, 5) is 5.04. The number of hydrogen-bond donors (Lipinski definition) is 0. The summed E-state index contributed by atoms with van der Waals surface area (Å²) < 4.78 is 0. The molecule has 0 fully saturated rings. The van der Waals surface area contributed by atoms with Crippen LogP contribution in [0.5, 0.6) is 0 Å². The Balaban J connectivity index is 0.00000180. The van der Waals surface area contributed by atoms with Crippen molar-refractivity contribution in [3.05, 3.63) is 114 Å². The number of benzene rings is 4. The van der Waals surface area contributed by atoms with Gasteiger partial charge in [-0.2, -0.15) is 0 Å². The molecule has 0 N–H and O–H groups in total. The molecule has 5 rings (SSSR count). The molecule has 0 spiro atoms. The topological polar surface area (TPSA) is 12.4 Å². The van der Waals surface area contributed by atoms with E-state index < -0.39 is 0 Å². The van der Waals surface area contributed by atoms with Crippen LogP contribution in [0.4, 0.5) is 5.69 Å². The van der Waals surface area contributed by atoms with Gasteiger partial charge in [-0.25, -0.2) is 0 Å². The van der Waals surface area contributed by atoms with Gasteiger partial charge in [-0.3, -0.25) is 4.99 Å². The van der Waals surface area contributed by atoms with E-state index in [0.29, 0.717) is 0 Å². The van der Waals surface area contributed by atoms with Crippen molar-refractivity contribution >= 4 is 22.2 Å². The third-order valence-corrected chi connectivity index (χ3v) is 5.43. The molecule has 0 saturated carbocycles. The average molecular weight is 525 g/mol. The summed E-state index contributed by atoms with van der Waals surface area (Å²) in [6.07, 6.45) is 0. The van der Waals surface area contributed by atoms with Crippen molar-refractivity contribution in [3.63, 3.8) is 0 Å². The molecular formula is C25H18IrN-. The molecule has 4 aromatic rings. The van der Waals surface area contributed by atoms with E-state index in [2.05, 4.69) is 104 Å². The van der Waals surface area contributed by atoms with E-state index in [1.807, 2.05) is 0 Å². The van der Waals surface area contributed by atoms with E-state index in [9.17, 15) is 0 Å². The number of aliphatic imine (C=N–C) groups is 1. The standard InChI is InChI=1S/C25H18N.Ir/c1-25(21-11-3-2-4-12-21)22-13-7-8-14-23(22)26-24(25)20-16-15-18-9-5-6-10-19(18)17-20;/h2-15,17H,1H3;/q-1;. The van der Waals surface area contributed by atoms with Crippen molar-refractivity contribution in [2.24, 2.45) is 4.99 Å².